The van der Waals surface area contributed by atoms with Crippen molar-refractivity contribution in [3.8, 4) is 11.5 Å². The second-order valence-corrected chi connectivity index (χ2v) is 4.97. The molecular formula is C15H15N3O4. The van der Waals surface area contributed by atoms with Crippen molar-refractivity contribution in [1.82, 2.24) is 10.3 Å². The van der Waals surface area contributed by atoms with E-state index in [1.165, 1.54) is 6.07 Å². The van der Waals surface area contributed by atoms with Gasteiger partial charge in [0.25, 0.3) is 5.69 Å². The van der Waals surface area contributed by atoms with Crippen LogP contribution in [0.2, 0.25) is 0 Å². The van der Waals surface area contributed by atoms with Crippen molar-refractivity contribution in [2.24, 2.45) is 0 Å². The molecule has 0 bridgehead atoms. The van der Waals surface area contributed by atoms with Crippen LogP contribution in [0.4, 0.5) is 5.69 Å². The molecule has 0 spiro atoms. The first-order valence-corrected chi connectivity index (χ1v) is 6.85. The van der Waals surface area contributed by atoms with E-state index in [4.69, 9.17) is 9.47 Å². The number of fused-ring (bicyclic) bond motifs is 1. The standard InChI is InChI=1S/C15H15N3O4/c1-10(11-2-4-16-5-3-11)17-8-12-6-14-15(22-9-21-14)7-13(12)18(19)20/h2-7,10,17H,8-9H2,1H3/t10-/m0/s1. The highest BCUT2D eigenvalue weighted by Crippen LogP contribution is 2.38. The summed E-state index contributed by atoms with van der Waals surface area (Å²) in [5.41, 5.74) is 1.66. The Bertz CT molecular complexity index is 691. The summed E-state index contributed by atoms with van der Waals surface area (Å²) in [5.74, 6) is 0.955. The molecule has 0 saturated carbocycles. The maximum atomic E-state index is 11.2. The molecule has 2 heterocycles. The summed E-state index contributed by atoms with van der Waals surface area (Å²) in [6, 6.07) is 6.94. The van der Waals surface area contributed by atoms with E-state index in [0.717, 1.165) is 5.56 Å². The number of nitrogens with one attached hydrogen (secondary N) is 1. The first-order valence-electron chi connectivity index (χ1n) is 6.85. The summed E-state index contributed by atoms with van der Waals surface area (Å²) in [6.45, 7) is 2.45. The van der Waals surface area contributed by atoms with Crippen LogP contribution < -0.4 is 14.8 Å². The van der Waals surface area contributed by atoms with Gasteiger partial charge in [0, 0.05) is 30.5 Å². The summed E-state index contributed by atoms with van der Waals surface area (Å²) in [4.78, 5) is 14.8. The molecule has 0 radical (unpaired) electrons. The first-order chi connectivity index (χ1) is 10.6. The second-order valence-electron chi connectivity index (χ2n) is 4.97. The summed E-state index contributed by atoms with van der Waals surface area (Å²) in [5, 5.41) is 14.5. The minimum atomic E-state index is -0.407. The first kappa shape index (κ1) is 14.3. The van der Waals surface area contributed by atoms with E-state index in [0.29, 0.717) is 23.6 Å². The highest BCUT2D eigenvalue weighted by molar-refractivity contribution is 5.55. The van der Waals surface area contributed by atoms with Gasteiger partial charge in [0.05, 0.1) is 11.0 Å². The van der Waals surface area contributed by atoms with Crippen molar-refractivity contribution in [3.63, 3.8) is 0 Å². The SMILES string of the molecule is C[C@H](NCc1cc2c(cc1[N+](=O)[O-])OCO2)c1ccncc1. The van der Waals surface area contributed by atoms with Crippen molar-refractivity contribution >= 4 is 5.69 Å². The van der Waals surface area contributed by atoms with Gasteiger partial charge in [0.2, 0.25) is 6.79 Å². The molecule has 0 fully saturated rings. The van der Waals surface area contributed by atoms with E-state index in [-0.39, 0.29) is 18.5 Å². The molecule has 7 nitrogen and oxygen atoms in total. The maximum absolute atomic E-state index is 11.2. The van der Waals surface area contributed by atoms with Crippen molar-refractivity contribution in [2.45, 2.75) is 19.5 Å². The Morgan fingerprint density at radius 2 is 2.00 bits per heavy atom. The smallest absolute Gasteiger partial charge is 0.277 e. The summed E-state index contributed by atoms with van der Waals surface area (Å²) in [6.07, 6.45) is 3.44. The molecule has 7 heteroatoms. The number of ether oxygens (including phenoxy) is 2. The van der Waals surface area contributed by atoms with Gasteiger partial charge in [-0.3, -0.25) is 15.1 Å². The van der Waals surface area contributed by atoms with E-state index in [9.17, 15) is 10.1 Å². The van der Waals surface area contributed by atoms with Crippen LogP contribution >= 0.6 is 0 Å². The molecule has 3 rings (SSSR count). The fourth-order valence-corrected chi connectivity index (χ4v) is 2.32. The molecular weight excluding hydrogens is 286 g/mol. The Morgan fingerprint density at radius 3 is 2.68 bits per heavy atom. The quantitative estimate of drug-likeness (QED) is 0.674. The van der Waals surface area contributed by atoms with Crippen molar-refractivity contribution in [2.75, 3.05) is 6.79 Å². The largest absolute Gasteiger partial charge is 0.454 e. The van der Waals surface area contributed by atoms with Crippen molar-refractivity contribution in [3.05, 3.63) is 57.9 Å². The number of nitro groups is 1. The van der Waals surface area contributed by atoms with E-state index in [2.05, 4.69) is 10.3 Å². The average Bonchev–Trinajstić information content (AvgIpc) is 2.99. The summed E-state index contributed by atoms with van der Waals surface area (Å²) >= 11 is 0. The van der Waals surface area contributed by atoms with Gasteiger partial charge in [-0.2, -0.15) is 0 Å². The van der Waals surface area contributed by atoms with Crippen LogP contribution in [-0.2, 0) is 6.54 Å². The van der Waals surface area contributed by atoms with Crippen LogP contribution in [0.3, 0.4) is 0 Å². The van der Waals surface area contributed by atoms with Crippen LogP contribution in [0.5, 0.6) is 11.5 Å². The predicted molar refractivity (Wildman–Crippen MR) is 78.7 cm³/mol. The van der Waals surface area contributed by atoms with Gasteiger partial charge in [-0.05, 0) is 30.7 Å². The number of nitrogens with zero attached hydrogens (tertiary/aromatic N) is 2. The molecule has 0 saturated heterocycles. The van der Waals surface area contributed by atoms with Crippen molar-refractivity contribution < 1.29 is 14.4 Å². The van der Waals surface area contributed by atoms with E-state index in [1.807, 2.05) is 19.1 Å². The van der Waals surface area contributed by atoms with E-state index in [1.54, 1.807) is 18.5 Å². The Hall–Kier alpha value is -2.67. The number of hydrogen-bond donors (Lipinski definition) is 1. The lowest BCUT2D eigenvalue weighted by Crippen LogP contribution is -2.18. The molecule has 1 atom stereocenters. The van der Waals surface area contributed by atoms with Gasteiger partial charge < -0.3 is 14.8 Å². The molecule has 0 amide bonds. The fraction of sp³-hybridized carbons (Fsp3) is 0.267. The van der Waals surface area contributed by atoms with Gasteiger partial charge >= 0.3 is 0 Å². The van der Waals surface area contributed by atoms with Gasteiger partial charge in [0.1, 0.15) is 0 Å². The third-order valence-corrected chi connectivity index (χ3v) is 3.58. The molecule has 1 aliphatic heterocycles. The molecule has 1 aromatic heterocycles. The number of pyridine rings is 1. The molecule has 1 aliphatic rings. The third kappa shape index (κ3) is 2.84. The topological polar surface area (TPSA) is 86.5 Å². The zero-order valence-corrected chi connectivity index (χ0v) is 12.0. The minimum absolute atomic E-state index is 0.0266. The highest BCUT2D eigenvalue weighted by atomic mass is 16.7. The molecule has 22 heavy (non-hydrogen) atoms. The Labute approximate surface area is 127 Å². The number of rotatable bonds is 5. The number of nitro benzene ring substituents is 1. The molecule has 1 N–H and O–H groups in total. The molecule has 114 valence electrons. The lowest BCUT2D eigenvalue weighted by atomic mass is 10.1. The minimum Gasteiger partial charge on any atom is -0.454 e. The molecule has 2 aromatic rings. The van der Waals surface area contributed by atoms with Gasteiger partial charge in [-0.25, -0.2) is 0 Å². The Kier molecular flexibility index (Phi) is 3.88. The number of benzene rings is 1. The van der Waals surface area contributed by atoms with Crippen LogP contribution in [0.25, 0.3) is 0 Å². The molecule has 0 unspecified atom stereocenters. The van der Waals surface area contributed by atoms with Gasteiger partial charge in [-0.1, -0.05) is 0 Å². The lowest BCUT2D eigenvalue weighted by molar-refractivity contribution is -0.385. The monoisotopic (exact) mass is 301 g/mol. The van der Waals surface area contributed by atoms with Crippen LogP contribution in [0, 0.1) is 10.1 Å². The van der Waals surface area contributed by atoms with Crippen LogP contribution in [0.1, 0.15) is 24.1 Å². The Morgan fingerprint density at radius 1 is 1.32 bits per heavy atom. The predicted octanol–water partition coefficient (Wildman–Crippen LogP) is 2.57. The fourth-order valence-electron chi connectivity index (χ4n) is 2.32. The zero-order chi connectivity index (χ0) is 15.5. The lowest BCUT2D eigenvalue weighted by Gasteiger charge is -2.14. The third-order valence-electron chi connectivity index (χ3n) is 3.58. The van der Waals surface area contributed by atoms with Gasteiger partial charge in [0.15, 0.2) is 11.5 Å². The van der Waals surface area contributed by atoms with Crippen LogP contribution in [0.15, 0.2) is 36.7 Å². The number of aromatic nitrogens is 1. The molecule has 0 aliphatic carbocycles. The van der Waals surface area contributed by atoms with Crippen LogP contribution in [-0.4, -0.2) is 16.7 Å². The zero-order valence-electron chi connectivity index (χ0n) is 12.0. The maximum Gasteiger partial charge on any atom is 0.277 e. The number of hydrogen-bond acceptors (Lipinski definition) is 6. The normalized spacial score (nSPS) is 13.9. The van der Waals surface area contributed by atoms with E-state index < -0.39 is 4.92 Å². The highest BCUT2D eigenvalue weighted by Gasteiger charge is 2.23. The Balaban J connectivity index is 1.78. The van der Waals surface area contributed by atoms with Crippen molar-refractivity contribution in [1.29, 1.82) is 0 Å². The van der Waals surface area contributed by atoms with Gasteiger partial charge in [-0.15, -0.1) is 0 Å². The molecule has 1 aromatic carbocycles. The summed E-state index contributed by atoms with van der Waals surface area (Å²) < 4.78 is 10.5. The average molecular weight is 301 g/mol. The second kappa shape index (κ2) is 5.98. The van der Waals surface area contributed by atoms with E-state index >= 15 is 0 Å². The summed E-state index contributed by atoms with van der Waals surface area (Å²) in [7, 11) is 0.